The molecule has 3 heterocycles. The third kappa shape index (κ3) is 3.26. The van der Waals surface area contributed by atoms with E-state index in [0.717, 1.165) is 25.3 Å². The first-order valence-corrected chi connectivity index (χ1v) is 8.22. The summed E-state index contributed by atoms with van der Waals surface area (Å²) in [4.78, 5) is 30.4. The zero-order valence-electron chi connectivity index (χ0n) is 13.6. The lowest BCUT2D eigenvalue weighted by Crippen LogP contribution is -2.37. The molecule has 1 atom stereocenters. The molecule has 0 saturated carbocycles. The van der Waals surface area contributed by atoms with E-state index in [4.69, 9.17) is 4.74 Å². The molecule has 2 N–H and O–H groups in total. The van der Waals surface area contributed by atoms with Crippen LogP contribution in [0.3, 0.4) is 0 Å². The second kappa shape index (κ2) is 6.43. The van der Waals surface area contributed by atoms with Gasteiger partial charge in [0.15, 0.2) is 6.61 Å². The smallest absolute Gasteiger partial charge is 0.262 e. The van der Waals surface area contributed by atoms with E-state index < -0.39 is 0 Å². The Kier molecular flexibility index (Phi) is 3.97. The number of ether oxygens (including phenoxy) is 1. The summed E-state index contributed by atoms with van der Waals surface area (Å²) in [5.74, 6) is 1.13. The van der Waals surface area contributed by atoms with Gasteiger partial charge in [-0.2, -0.15) is 0 Å². The molecule has 128 valence electrons. The Labute approximate surface area is 145 Å². The maximum absolute atomic E-state index is 12.5. The number of aromatic nitrogens is 1. The van der Waals surface area contributed by atoms with Crippen molar-refractivity contribution in [3.63, 3.8) is 0 Å². The van der Waals surface area contributed by atoms with Crippen LogP contribution in [-0.2, 0) is 4.79 Å². The van der Waals surface area contributed by atoms with E-state index in [9.17, 15) is 9.59 Å². The average Bonchev–Trinajstić information content (AvgIpc) is 3.10. The number of anilines is 2. The molecular formula is C18H18N4O3. The number of hydrogen-bond donors (Lipinski definition) is 2. The van der Waals surface area contributed by atoms with Crippen LogP contribution in [-0.4, -0.2) is 42.5 Å². The molecule has 1 aromatic heterocycles. The van der Waals surface area contributed by atoms with E-state index in [1.165, 1.54) is 0 Å². The molecular weight excluding hydrogens is 320 g/mol. The molecule has 1 fully saturated rings. The molecule has 2 aromatic rings. The van der Waals surface area contributed by atoms with Crippen molar-refractivity contribution >= 4 is 23.3 Å². The lowest BCUT2D eigenvalue weighted by Gasteiger charge is -2.19. The van der Waals surface area contributed by atoms with Gasteiger partial charge in [-0.05, 0) is 36.8 Å². The summed E-state index contributed by atoms with van der Waals surface area (Å²) in [7, 11) is 0. The van der Waals surface area contributed by atoms with Crippen molar-refractivity contribution in [2.75, 3.05) is 29.9 Å². The van der Waals surface area contributed by atoms with Crippen LogP contribution in [0.5, 0.6) is 5.75 Å². The topological polar surface area (TPSA) is 83.6 Å². The fourth-order valence-electron chi connectivity index (χ4n) is 3.12. The van der Waals surface area contributed by atoms with E-state index in [2.05, 4.69) is 20.5 Å². The van der Waals surface area contributed by atoms with Gasteiger partial charge in [-0.1, -0.05) is 6.07 Å². The first kappa shape index (κ1) is 15.4. The van der Waals surface area contributed by atoms with Crippen molar-refractivity contribution in [3.05, 3.63) is 48.2 Å². The van der Waals surface area contributed by atoms with Gasteiger partial charge in [0.2, 0.25) is 0 Å². The molecule has 2 aliphatic rings. The maximum Gasteiger partial charge on any atom is 0.262 e. The maximum atomic E-state index is 12.5. The van der Waals surface area contributed by atoms with E-state index in [0.29, 0.717) is 17.0 Å². The highest BCUT2D eigenvalue weighted by Gasteiger charge is 2.25. The summed E-state index contributed by atoms with van der Waals surface area (Å²) in [6.45, 7) is 1.59. The zero-order valence-corrected chi connectivity index (χ0v) is 13.6. The van der Waals surface area contributed by atoms with Gasteiger partial charge in [0.1, 0.15) is 11.6 Å². The van der Waals surface area contributed by atoms with Gasteiger partial charge in [-0.25, -0.2) is 4.98 Å². The van der Waals surface area contributed by atoms with E-state index in [1.54, 1.807) is 24.4 Å². The number of amides is 2. The second-order valence-electron chi connectivity index (χ2n) is 6.14. The van der Waals surface area contributed by atoms with Gasteiger partial charge in [0, 0.05) is 30.9 Å². The number of fused-ring (bicyclic) bond motifs is 1. The predicted molar refractivity (Wildman–Crippen MR) is 92.9 cm³/mol. The molecule has 2 aliphatic heterocycles. The van der Waals surface area contributed by atoms with Gasteiger partial charge in [-0.15, -0.1) is 0 Å². The number of hydrogen-bond acceptors (Lipinski definition) is 5. The minimum atomic E-state index is -0.216. The summed E-state index contributed by atoms with van der Waals surface area (Å²) in [5.41, 5.74) is 1.03. The van der Waals surface area contributed by atoms with Crippen LogP contribution in [0.4, 0.5) is 11.5 Å². The minimum Gasteiger partial charge on any atom is -0.482 e. The van der Waals surface area contributed by atoms with Crippen molar-refractivity contribution in [2.24, 2.45) is 0 Å². The highest BCUT2D eigenvalue weighted by molar-refractivity contribution is 6.00. The Hall–Kier alpha value is -3.09. The number of carbonyl (C=O) groups is 2. The van der Waals surface area contributed by atoms with Crippen molar-refractivity contribution in [1.29, 1.82) is 0 Å². The fourth-order valence-corrected chi connectivity index (χ4v) is 3.12. The van der Waals surface area contributed by atoms with E-state index >= 15 is 0 Å². The lowest BCUT2D eigenvalue weighted by molar-refractivity contribution is -0.118. The Morgan fingerprint density at radius 3 is 3.08 bits per heavy atom. The highest BCUT2D eigenvalue weighted by Crippen LogP contribution is 2.28. The van der Waals surface area contributed by atoms with Crippen molar-refractivity contribution in [3.8, 4) is 5.75 Å². The van der Waals surface area contributed by atoms with Crippen LogP contribution < -0.4 is 20.3 Å². The van der Waals surface area contributed by atoms with Crippen LogP contribution in [0, 0.1) is 0 Å². The lowest BCUT2D eigenvalue weighted by atomic mass is 10.1. The summed E-state index contributed by atoms with van der Waals surface area (Å²) < 4.78 is 5.31. The summed E-state index contributed by atoms with van der Waals surface area (Å²) in [6.07, 6.45) is 2.64. The Morgan fingerprint density at radius 1 is 1.32 bits per heavy atom. The first-order chi connectivity index (χ1) is 12.2. The predicted octanol–water partition coefficient (Wildman–Crippen LogP) is 1.42. The second-order valence-corrected chi connectivity index (χ2v) is 6.14. The SMILES string of the molecule is O=C1COc2ccc(C(=O)NC3CCN(c4ccccn4)C3)cc2N1. The number of nitrogens with one attached hydrogen (secondary N) is 2. The molecule has 0 bridgehead atoms. The van der Waals surface area contributed by atoms with Crippen LogP contribution >= 0.6 is 0 Å². The average molecular weight is 338 g/mol. The number of nitrogens with zero attached hydrogens (tertiary/aromatic N) is 2. The highest BCUT2D eigenvalue weighted by atomic mass is 16.5. The van der Waals surface area contributed by atoms with E-state index in [1.807, 2.05) is 18.2 Å². The summed E-state index contributed by atoms with van der Waals surface area (Å²) >= 11 is 0. The van der Waals surface area contributed by atoms with Crippen LogP contribution in [0.15, 0.2) is 42.6 Å². The molecule has 0 spiro atoms. The third-order valence-corrected chi connectivity index (χ3v) is 4.37. The standard InChI is InChI=1S/C18H18N4O3/c23-17-11-25-15-5-4-12(9-14(15)21-17)18(24)20-13-6-8-22(10-13)16-3-1-2-7-19-16/h1-5,7,9,13H,6,8,10-11H2,(H,20,24)(H,21,23). The van der Waals surface area contributed by atoms with Gasteiger partial charge in [-0.3, -0.25) is 9.59 Å². The van der Waals surface area contributed by atoms with Crippen molar-refractivity contribution in [1.82, 2.24) is 10.3 Å². The molecule has 0 radical (unpaired) electrons. The van der Waals surface area contributed by atoms with Crippen LogP contribution in [0.25, 0.3) is 0 Å². The molecule has 25 heavy (non-hydrogen) atoms. The molecule has 7 nitrogen and oxygen atoms in total. The molecule has 4 rings (SSSR count). The Morgan fingerprint density at radius 2 is 2.24 bits per heavy atom. The van der Waals surface area contributed by atoms with Crippen LogP contribution in [0.2, 0.25) is 0 Å². The van der Waals surface area contributed by atoms with Gasteiger partial charge in [0.05, 0.1) is 5.69 Å². The number of pyridine rings is 1. The monoisotopic (exact) mass is 338 g/mol. The molecule has 1 aromatic carbocycles. The number of benzene rings is 1. The fraction of sp³-hybridized carbons (Fsp3) is 0.278. The Bertz CT molecular complexity index is 809. The van der Waals surface area contributed by atoms with Gasteiger partial charge >= 0.3 is 0 Å². The summed E-state index contributed by atoms with van der Waals surface area (Å²) in [6, 6.07) is 10.9. The molecule has 7 heteroatoms. The molecule has 1 saturated heterocycles. The largest absolute Gasteiger partial charge is 0.482 e. The van der Waals surface area contributed by atoms with Gasteiger partial charge < -0.3 is 20.3 Å². The minimum absolute atomic E-state index is 0.00394. The van der Waals surface area contributed by atoms with Crippen LogP contribution in [0.1, 0.15) is 16.8 Å². The third-order valence-electron chi connectivity index (χ3n) is 4.37. The number of rotatable bonds is 3. The Balaban J connectivity index is 1.41. The first-order valence-electron chi connectivity index (χ1n) is 8.22. The van der Waals surface area contributed by atoms with Crippen molar-refractivity contribution < 1.29 is 14.3 Å². The molecule has 0 aliphatic carbocycles. The summed E-state index contributed by atoms with van der Waals surface area (Å²) in [5, 5.41) is 5.77. The van der Waals surface area contributed by atoms with E-state index in [-0.39, 0.29) is 24.5 Å². The quantitative estimate of drug-likeness (QED) is 0.884. The zero-order chi connectivity index (χ0) is 17.2. The van der Waals surface area contributed by atoms with Crippen molar-refractivity contribution in [2.45, 2.75) is 12.5 Å². The molecule has 2 amide bonds. The number of carbonyl (C=O) groups excluding carboxylic acids is 2. The van der Waals surface area contributed by atoms with Gasteiger partial charge in [0.25, 0.3) is 11.8 Å². The molecule has 1 unspecified atom stereocenters. The normalized spacial score (nSPS) is 19.0.